The van der Waals surface area contributed by atoms with E-state index in [1.165, 1.54) is 11.3 Å². The minimum absolute atomic E-state index is 0.285. The number of hydrogen-bond donors (Lipinski definition) is 1. The van der Waals surface area contributed by atoms with E-state index < -0.39 is 5.97 Å². The molecule has 1 rings (SSSR count). The van der Waals surface area contributed by atoms with Gasteiger partial charge in [0.05, 0.1) is 6.61 Å². The standard InChI is InChI=1S/C10H14O3S/c1-3-7(2)6-13-8-4-5-14-9(8)10(11)12/h4-5,7H,3,6H2,1-2H3,(H,11,12). The van der Waals surface area contributed by atoms with Crippen molar-refractivity contribution in [2.45, 2.75) is 20.3 Å². The second-order valence-corrected chi connectivity index (χ2v) is 4.16. The Balaban J connectivity index is 2.58. The summed E-state index contributed by atoms with van der Waals surface area (Å²) >= 11 is 1.19. The van der Waals surface area contributed by atoms with Gasteiger partial charge in [-0.3, -0.25) is 0 Å². The molecule has 0 aliphatic heterocycles. The average Bonchev–Trinajstić information content (AvgIpc) is 2.62. The van der Waals surface area contributed by atoms with Crippen LogP contribution in [0.25, 0.3) is 0 Å². The number of aromatic carboxylic acids is 1. The summed E-state index contributed by atoms with van der Waals surface area (Å²) in [4.78, 5) is 11.0. The van der Waals surface area contributed by atoms with Crippen molar-refractivity contribution in [3.8, 4) is 5.75 Å². The zero-order valence-corrected chi connectivity index (χ0v) is 9.13. The first kappa shape index (κ1) is 11.0. The van der Waals surface area contributed by atoms with Crippen LogP contribution in [0.5, 0.6) is 5.75 Å². The summed E-state index contributed by atoms with van der Waals surface area (Å²) in [6.45, 7) is 4.74. The smallest absolute Gasteiger partial charge is 0.349 e. The van der Waals surface area contributed by atoms with Crippen LogP contribution < -0.4 is 4.74 Å². The molecule has 0 saturated heterocycles. The monoisotopic (exact) mass is 214 g/mol. The zero-order chi connectivity index (χ0) is 10.6. The molecule has 0 aliphatic carbocycles. The second-order valence-electron chi connectivity index (χ2n) is 3.24. The maximum Gasteiger partial charge on any atom is 0.349 e. The van der Waals surface area contributed by atoms with E-state index in [9.17, 15) is 4.79 Å². The van der Waals surface area contributed by atoms with Gasteiger partial charge in [-0.25, -0.2) is 4.79 Å². The number of carboxylic acids is 1. The van der Waals surface area contributed by atoms with Crippen LogP contribution in [-0.2, 0) is 0 Å². The van der Waals surface area contributed by atoms with Gasteiger partial charge in [0.1, 0.15) is 5.75 Å². The quantitative estimate of drug-likeness (QED) is 0.819. The SMILES string of the molecule is CCC(C)COc1ccsc1C(=O)O. The van der Waals surface area contributed by atoms with Gasteiger partial charge in [0.15, 0.2) is 4.88 Å². The molecule has 1 heterocycles. The molecule has 1 N–H and O–H groups in total. The average molecular weight is 214 g/mol. The van der Waals surface area contributed by atoms with Crippen LogP contribution in [0.15, 0.2) is 11.4 Å². The highest BCUT2D eigenvalue weighted by molar-refractivity contribution is 7.12. The molecule has 1 aromatic heterocycles. The van der Waals surface area contributed by atoms with Gasteiger partial charge in [-0.15, -0.1) is 11.3 Å². The van der Waals surface area contributed by atoms with E-state index >= 15 is 0 Å². The fraction of sp³-hybridized carbons (Fsp3) is 0.500. The number of thiophene rings is 1. The van der Waals surface area contributed by atoms with E-state index in [4.69, 9.17) is 9.84 Å². The third kappa shape index (κ3) is 2.73. The minimum atomic E-state index is -0.917. The van der Waals surface area contributed by atoms with Gasteiger partial charge >= 0.3 is 5.97 Å². The Hall–Kier alpha value is -1.03. The molecule has 1 atom stereocenters. The number of carboxylic acid groups (broad SMARTS) is 1. The van der Waals surface area contributed by atoms with E-state index in [0.717, 1.165) is 6.42 Å². The predicted molar refractivity (Wildman–Crippen MR) is 56.2 cm³/mol. The molecular formula is C10H14O3S. The summed E-state index contributed by atoms with van der Waals surface area (Å²) < 4.78 is 5.42. The summed E-state index contributed by atoms with van der Waals surface area (Å²) in [6, 6.07) is 1.70. The van der Waals surface area contributed by atoms with Crippen molar-refractivity contribution in [3.05, 3.63) is 16.3 Å². The van der Waals surface area contributed by atoms with Crippen molar-refractivity contribution >= 4 is 17.3 Å². The predicted octanol–water partition coefficient (Wildman–Crippen LogP) is 2.87. The lowest BCUT2D eigenvalue weighted by Crippen LogP contribution is -2.08. The third-order valence-corrected chi connectivity index (χ3v) is 2.93. The summed E-state index contributed by atoms with van der Waals surface area (Å²) in [6.07, 6.45) is 1.03. The van der Waals surface area contributed by atoms with Crippen molar-refractivity contribution in [2.24, 2.45) is 5.92 Å². The Bertz CT molecular complexity index is 306. The third-order valence-electron chi connectivity index (χ3n) is 2.04. The second kappa shape index (κ2) is 5.00. The molecule has 0 spiro atoms. The Morgan fingerprint density at radius 2 is 2.43 bits per heavy atom. The first-order valence-corrected chi connectivity index (χ1v) is 5.46. The van der Waals surface area contributed by atoms with Gasteiger partial charge in [0.2, 0.25) is 0 Å². The van der Waals surface area contributed by atoms with Gasteiger partial charge in [-0.1, -0.05) is 20.3 Å². The lowest BCUT2D eigenvalue weighted by molar-refractivity contribution is 0.0697. The molecule has 3 nitrogen and oxygen atoms in total. The first-order chi connectivity index (χ1) is 6.65. The van der Waals surface area contributed by atoms with Crippen molar-refractivity contribution in [1.82, 2.24) is 0 Å². The van der Waals surface area contributed by atoms with E-state index in [1.807, 2.05) is 0 Å². The highest BCUT2D eigenvalue weighted by Gasteiger charge is 2.13. The highest BCUT2D eigenvalue weighted by Crippen LogP contribution is 2.25. The maximum absolute atomic E-state index is 10.7. The molecule has 0 saturated carbocycles. The van der Waals surface area contributed by atoms with Crippen LogP contribution in [0, 0.1) is 5.92 Å². The number of carbonyl (C=O) groups is 1. The van der Waals surface area contributed by atoms with Crippen molar-refractivity contribution in [3.63, 3.8) is 0 Å². The molecule has 0 bridgehead atoms. The molecule has 1 aromatic rings. The largest absolute Gasteiger partial charge is 0.492 e. The van der Waals surface area contributed by atoms with Crippen molar-refractivity contribution in [1.29, 1.82) is 0 Å². The lowest BCUT2D eigenvalue weighted by atomic mass is 10.1. The normalized spacial score (nSPS) is 12.4. The highest BCUT2D eigenvalue weighted by atomic mass is 32.1. The Kier molecular flexibility index (Phi) is 3.95. The number of rotatable bonds is 5. The topological polar surface area (TPSA) is 46.5 Å². The van der Waals surface area contributed by atoms with Crippen LogP contribution in [0.4, 0.5) is 0 Å². The molecule has 0 aromatic carbocycles. The Morgan fingerprint density at radius 1 is 1.71 bits per heavy atom. The van der Waals surface area contributed by atoms with E-state index in [2.05, 4.69) is 13.8 Å². The van der Waals surface area contributed by atoms with E-state index in [-0.39, 0.29) is 4.88 Å². The fourth-order valence-electron chi connectivity index (χ4n) is 0.917. The van der Waals surface area contributed by atoms with Gasteiger partial charge in [0.25, 0.3) is 0 Å². The maximum atomic E-state index is 10.7. The molecular weight excluding hydrogens is 200 g/mol. The summed E-state index contributed by atoms with van der Waals surface area (Å²) in [5.41, 5.74) is 0. The van der Waals surface area contributed by atoms with Crippen molar-refractivity contribution < 1.29 is 14.6 Å². The summed E-state index contributed by atoms with van der Waals surface area (Å²) in [7, 11) is 0. The van der Waals surface area contributed by atoms with Gasteiger partial charge in [0, 0.05) is 0 Å². The fourth-order valence-corrected chi connectivity index (χ4v) is 1.59. The van der Waals surface area contributed by atoms with Crippen LogP contribution in [0.3, 0.4) is 0 Å². The van der Waals surface area contributed by atoms with E-state index in [0.29, 0.717) is 18.3 Å². The molecule has 4 heteroatoms. The Morgan fingerprint density at radius 3 is 3.00 bits per heavy atom. The number of hydrogen-bond acceptors (Lipinski definition) is 3. The summed E-state index contributed by atoms with van der Waals surface area (Å²) in [5.74, 6) is 0.0264. The molecule has 0 radical (unpaired) electrons. The van der Waals surface area contributed by atoms with Gasteiger partial charge in [-0.05, 0) is 17.4 Å². The summed E-state index contributed by atoms with van der Waals surface area (Å²) in [5, 5.41) is 10.5. The van der Waals surface area contributed by atoms with Gasteiger partial charge < -0.3 is 9.84 Å². The van der Waals surface area contributed by atoms with Crippen LogP contribution >= 0.6 is 11.3 Å². The molecule has 0 fully saturated rings. The number of ether oxygens (including phenoxy) is 1. The lowest BCUT2D eigenvalue weighted by Gasteiger charge is -2.09. The molecule has 0 aliphatic rings. The minimum Gasteiger partial charge on any atom is -0.492 e. The molecule has 0 amide bonds. The van der Waals surface area contributed by atoms with Crippen LogP contribution in [0.2, 0.25) is 0 Å². The zero-order valence-electron chi connectivity index (χ0n) is 8.32. The van der Waals surface area contributed by atoms with Crippen LogP contribution in [-0.4, -0.2) is 17.7 Å². The molecule has 1 unspecified atom stereocenters. The van der Waals surface area contributed by atoms with Crippen molar-refractivity contribution in [2.75, 3.05) is 6.61 Å². The molecule has 78 valence electrons. The van der Waals surface area contributed by atoms with E-state index in [1.54, 1.807) is 11.4 Å². The first-order valence-electron chi connectivity index (χ1n) is 4.58. The Labute approximate surface area is 87.3 Å². The molecule has 14 heavy (non-hydrogen) atoms. The van der Waals surface area contributed by atoms with Crippen LogP contribution in [0.1, 0.15) is 29.9 Å². The van der Waals surface area contributed by atoms with Gasteiger partial charge in [-0.2, -0.15) is 0 Å².